The Kier molecular flexibility index (Phi) is 5.23. The molecule has 1 aliphatic heterocycles. The molecule has 0 spiro atoms. The maximum absolute atomic E-state index is 12.3. The number of nitrogens with zero attached hydrogens (tertiary/aromatic N) is 1. The molecule has 0 radical (unpaired) electrons. The van der Waals surface area contributed by atoms with Crippen molar-refractivity contribution in [3.05, 3.63) is 28.2 Å². The summed E-state index contributed by atoms with van der Waals surface area (Å²) in [5.74, 6) is 0.396. The van der Waals surface area contributed by atoms with Gasteiger partial charge in [0.15, 0.2) is 0 Å². The third kappa shape index (κ3) is 4.04. The van der Waals surface area contributed by atoms with Crippen LogP contribution in [0.2, 0.25) is 0 Å². The van der Waals surface area contributed by atoms with E-state index in [1.165, 1.54) is 0 Å². The van der Waals surface area contributed by atoms with Crippen molar-refractivity contribution < 1.29 is 8.42 Å². The maximum Gasteiger partial charge on any atom is 0.241 e. The molecular weight excluding hydrogens is 340 g/mol. The predicted octanol–water partition coefficient (Wildman–Crippen LogP) is 2.38. The average Bonchev–Trinajstić information content (AvgIpc) is 2.36. The van der Waals surface area contributed by atoms with Crippen LogP contribution in [0.25, 0.3) is 0 Å². The Bertz CT molecular complexity index is 575. The minimum absolute atomic E-state index is 0.312. The standard InChI is InChI=1S/C14H21BrN2O2S/c1-11-5-6-14(13(15)8-11)20(18,19)16-9-12-4-3-7-17(2)10-12/h5-6,8,12,16H,3-4,7,9-10H2,1-2H3. The first-order valence-electron chi connectivity index (χ1n) is 6.83. The summed E-state index contributed by atoms with van der Waals surface area (Å²) in [7, 11) is -1.36. The van der Waals surface area contributed by atoms with Crippen LogP contribution in [0.1, 0.15) is 18.4 Å². The second-order valence-electron chi connectivity index (χ2n) is 5.56. The summed E-state index contributed by atoms with van der Waals surface area (Å²) in [6.07, 6.45) is 2.22. The average molecular weight is 361 g/mol. The summed E-state index contributed by atoms with van der Waals surface area (Å²) in [4.78, 5) is 2.57. The van der Waals surface area contributed by atoms with Crippen LogP contribution < -0.4 is 4.72 Å². The molecule has 6 heteroatoms. The van der Waals surface area contributed by atoms with Gasteiger partial charge in [-0.3, -0.25) is 0 Å². The first kappa shape index (κ1) is 15.9. The summed E-state index contributed by atoms with van der Waals surface area (Å²) in [6.45, 7) is 4.50. The van der Waals surface area contributed by atoms with E-state index in [1.54, 1.807) is 6.07 Å². The zero-order valence-corrected chi connectivity index (χ0v) is 14.3. The van der Waals surface area contributed by atoms with Gasteiger partial charge in [-0.25, -0.2) is 13.1 Å². The zero-order valence-electron chi connectivity index (χ0n) is 11.9. The molecule has 1 unspecified atom stereocenters. The smallest absolute Gasteiger partial charge is 0.241 e. The largest absolute Gasteiger partial charge is 0.306 e. The third-order valence-corrected chi connectivity index (χ3v) is 6.06. The van der Waals surface area contributed by atoms with E-state index in [4.69, 9.17) is 0 Å². The molecule has 1 saturated heterocycles. The summed E-state index contributed by atoms with van der Waals surface area (Å²) in [5, 5.41) is 0. The van der Waals surface area contributed by atoms with E-state index in [0.29, 0.717) is 21.8 Å². The van der Waals surface area contributed by atoms with Crippen LogP contribution >= 0.6 is 15.9 Å². The number of hydrogen-bond donors (Lipinski definition) is 1. The monoisotopic (exact) mass is 360 g/mol. The lowest BCUT2D eigenvalue weighted by atomic mass is 9.99. The quantitative estimate of drug-likeness (QED) is 0.896. The second-order valence-corrected chi connectivity index (χ2v) is 8.15. The van der Waals surface area contributed by atoms with Gasteiger partial charge in [0.05, 0.1) is 4.90 Å². The van der Waals surface area contributed by atoms with Crippen molar-refractivity contribution in [2.75, 3.05) is 26.7 Å². The number of likely N-dealkylation sites (tertiary alicyclic amines) is 1. The Labute approximate surface area is 129 Å². The van der Waals surface area contributed by atoms with Gasteiger partial charge in [0.25, 0.3) is 0 Å². The van der Waals surface area contributed by atoms with Crippen molar-refractivity contribution in [3.8, 4) is 0 Å². The molecule has 0 aromatic heterocycles. The number of hydrogen-bond acceptors (Lipinski definition) is 3. The lowest BCUT2D eigenvalue weighted by molar-refractivity contribution is 0.211. The number of aryl methyl sites for hydroxylation is 1. The Morgan fingerprint density at radius 3 is 2.85 bits per heavy atom. The Morgan fingerprint density at radius 1 is 1.45 bits per heavy atom. The molecule has 1 fully saturated rings. The lowest BCUT2D eigenvalue weighted by Crippen LogP contribution is -2.39. The number of halogens is 1. The van der Waals surface area contributed by atoms with Gasteiger partial charge in [-0.15, -0.1) is 0 Å². The Morgan fingerprint density at radius 2 is 2.20 bits per heavy atom. The van der Waals surface area contributed by atoms with E-state index in [0.717, 1.165) is 31.5 Å². The van der Waals surface area contributed by atoms with Gasteiger partial charge < -0.3 is 4.90 Å². The highest BCUT2D eigenvalue weighted by atomic mass is 79.9. The fraction of sp³-hybridized carbons (Fsp3) is 0.571. The molecule has 4 nitrogen and oxygen atoms in total. The Hall–Kier alpha value is -0.430. The first-order chi connectivity index (χ1) is 9.38. The minimum atomic E-state index is -3.44. The van der Waals surface area contributed by atoms with Crippen LogP contribution in [0.3, 0.4) is 0 Å². The highest BCUT2D eigenvalue weighted by Crippen LogP contribution is 2.23. The van der Waals surface area contributed by atoms with Crippen molar-refractivity contribution in [1.29, 1.82) is 0 Å². The SMILES string of the molecule is Cc1ccc(S(=O)(=O)NCC2CCCN(C)C2)c(Br)c1. The normalized spacial score (nSPS) is 21.1. The van der Waals surface area contributed by atoms with Gasteiger partial charge in [-0.2, -0.15) is 0 Å². The predicted molar refractivity (Wildman–Crippen MR) is 84.3 cm³/mol. The first-order valence-corrected chi connectivity index (χ1v) is 9.10. The number of benzene rings is 1. The molecule has 112 valence electrons. The van der Waals surface area contributed by atoms with E-state index < -0.39 is 10.0 Å². The molecule has 1 aliphatic rings. The highest BCUT2D eigenvalue weighted by Gasteiger charge is 2.22. The van der Waals surface area contributed by atoms with Crippen LogP contribution in [-0.2, 0) is 10.0 Å². The number of rotatable bonds is 4. The van der Waals surface area contributed by atoms with Gasteiger partial charge in [0.1, 0.15) is 0 Å². The van der Waals surface area contributed by atoms with Gasteiger partial charge >= 0.3 is 0 Å². The number of nitrogens with one attached hydrogen (secondary N) is 1. The molecule has 1 atom stereocenters. The summed E-state index contributed by atoms with van der Waals surface area (Å²) >= 11 is 3.33. The second kappa shape index (κ2) is 6.56. The van der Waals surface area contributed by atoms with Gasteiger partial charge in [-0.05, 0) is 72.9 Å². The molecule has 2 rings (SSSR count). The minimum Gasteiger partial charge on any atom is -0.306 e. The van der Waals surface area contributed by atoms with Crippen LogP contribution in [0, 0.1) is 12.8 Å². The van der Waals surface area contributed by atoms with Crippen molar-refractivity contribution in [2.45, 2.75) is 24.7 Å². The summed E-state index contributed by atoms with van der Waals surface area (Å²) in [6, 6.07) is 5.28. The lowest BCUT2D eigenvalue weighted by Gasteiger charge is -2.29. The summed E-state index contributed by atoms with van der Waals surface area (Å²) < 4.78 is 28.0. The molecule has 1 aromatic carbocycles. The highest BCUT2D eigenvalue weighted by molar-refractivity contribution is 9.10. The van der Waals surface area contributed by atoms with E-state index in [9.17, 15) is 8.42 Å². The molecule has 0 saturated carbocycles. The molecule has 1 N–H and O–H groups in total. The van der Waals surface area contributed by atoms with Crippen LogP contribution in [-0.4, -0.2) is 40.0 Å². The molecule has 0 amide bonds. The van der Waals surface area contributed by atoms with E-state index in [-0.39, 0.29) is 0 Å². The molecule has 20 heavy (non-hydrogen) atoms. The van der Waals surface area contributed by atoms with Crippen molar-refractivity contribution in [1.82, 2.24) is 9.62 Å². The number of sulfonamides is 1. The third-order valence-electron chi connectivity index (χ3n) is 3.66. The van der Waals surface area contributed by atoms with Gasteiger partial charge in [-0.1, -0.05) is 6.07 Å². The van der Waals surface area contributed by atoms with Crippen LogP contribution in [0.15, 0.2) is 27.6 Å². The van der Waals surface area contributed by atoms with E-state index in [1.807, 2.05) is 19.1 Å². The van der Waals surface area contributed by atoms with E-state index >= 15 is 0 Å². The number of piperidine rings is 1. The molecular formula is C14H21BrN2O2S. The van der Waals surface area contributed by atoms with Gasteiger partial charge in [0.2, 0.25) is 10.0 Å². The topological polar surface area (TPSA) is 49.4 Å². The van der Waals surface area contributed by atoms with Crippen molar-refractivity contribution in [2.24, 2.45) is 5.92 Å². The van der Waals surface area contributed by atoms with Crippen molar-refractivity contribution in [3.63, 3.8) is 0 Å². The molecule has 0 aliphatic carbocycles. The fourth-order valence-electron chi connectivity index (χ4n) is 2.57. The molecule has 1 aromatic rings. The molecule has 1 heterocycles. The Balaban J connectivity index is 2.03. The molecule has 0 bridgehead atoms. The zero-order chi connectivity index (χ0) is 14.8. The van der Waals surface area contributed by atoms with Gasteiger partial charge in [0, 0.05) is 17.6 Å². The maximum atomic E-state index is 12.3. The van der Waals surface area contributed by atoms with Crippen LogP contribution in [0.5, 0.6) is 0 Å². The fourth-order valence-corrected chi connectivity index (χ4v) is 4.87. The summed E-state index contributed by atoms with van der Waals surface area (Å²) in [5.41, 5.74) is 1.03. The van der Waals surface area contributed by atoms with E-state index in [2.05, 4.69) is 32.6 Å². The van der Waals surface area contributed by atoms with Crippen LogP contribution in [0.4, 0.5) is 0 Å². The van der Waals surface area contributed by atoms with Crippen molar-refractivity contribution >= 4 is 26.0 Å².